The van der Waals surface area contributed by atoms with Crippen LogP contribution in [0, 0.1) is 0 Å². The molecule has 0 unspecified atom stereocenters. The molecule has 0 saturated carbocycles. The predicted molar refractivity (Wildman–Crippen MR) is 121 cm³/mol. The summed E-state index contributed by atoms with van der Waals surface area (Å²) < 4.78 is 8.12. The Bertz CT molecular complexity index is 1260. The lowest BCUT2D eigenvalue weighted by Gasteiger charge is -2.31. The van der Waals surface area contributed by atoms with Crippen LogP contribution < -0.4 is 21.3 Å². The van der Waals surface area contributed by atoms with Crippen molar-refractivity contribution in [2.75, 3.05) is 36.5 Å². The normalized spacial score (nSPS) is 14.1. The van der Waals surface area contributed by atoms with Gasteiger partial charge >= 0.3 is 11.1 Å². The number of rotatable bonds is 4. The average molecular weight is 443 g/mol. The van der Waals surface area contributed by atoms with Gasteiger partial charge in [-0.3, -0.25) is 14.4 Å². The fourth-order valence-electron chi connectivity index (χ4n) is 3.76. The lowest BCUT2D eigenvalue weighted by atomic mass is 10.1. The fraction of sp³-hybridized carbons (Fsp3) is 0.318. The molecule has 1 aliphatic rings. The highest BCUT2D eigenvalue weighted by Crippen LogP contribution is 2.31. The van der Waals surface area contributed by atoms with Crippen molar-refractivity contribution in [2.45, 2.75) is 6.42 Å². The van der Waals surface area contributed by atoms with Crippen LogP contribution in [0.15, 0.2) is 46.0 Å². The van der Waals surface area contributed by atoms with E-state index in [1.807, 2.05) is 18.2 Å². The molecule has 1 saturated heterocycles. The summed E-state index contributed by atoms with van der Waals surface area (Å²) in [4.78, 5) is 39.5. The van der Waals surface area contributed by atoms with Crippen molar-refractivity contribution in [3.8, 4) is 0 Å². The van der Waals surface area contributed by atoms with Gasteiger partial charge in [-0.2, -0.15) is 0 Å². The molecule has 0 spiro atoms. The van der Waals surface area contributed by atoms with E-state index >= 15 is 0 Å². The maximum Gasteiger partial charge on any atom is 0.316 e. The topological polar surface area (TPSA) is 85.6 Å². The third-order valence-corrected chi connectivity index (χ3v) is 5.76. The number of aromatic nitrogens is 2. The highest BCUT2D eigenvalue weighted by atomic mass is 35.5. The molecule has 2 aromatic carbocycles. The Morgan fingerprint density at radius 2 is 1.58 bits per heavy atom. The Kier molecular flexibility index (Phi) is 5.84. The Morgan fingerprint density at radius 3 is 2.19 bits per heavy atom. The number of hydrogen-bond donors (Lipinski definition) is 1. The summed E-state index contributed by atoms with van der Waals surface area (Å²) in [5, 5.41) is 3.60. The van der Waals surface area contributed by atoms with Crippen molar-refractivity contribution < 1.29 is 9.53 Å². The van der Waals surface area contributed by atoms with Crippen LogP contribution in [0.1, 0.15) is 5.56 Å². The molecule has 1 amide bonds. The zero-order valence-electron chi connectivity index (χ0n) is 17.4. The molecule has 2 heterocycles. The Hall–Kier alpha value is -3.10. The van der Waals surface area contributed by atoms with Gasteiger partial charge in [0, 0.05) is 32.2 Å². The number of benzene rings is 2. The third-order valence-electron chi connectivity index (χ3n) is 5.51. The second-order valence-corrected chi connectivity index (χ2v) is 7.97. The molecule has 0 atom stereocenters. The second-order valence-electron chi connectivity index (χ2n) is 7.54. The largest absolute Gasteiger partial charge is 0.378 e. The van der Waals surface area contributed by atoms with Gasteiger partial charge in [-0.05, 0) is 29.8 Å². The molecule has 0 radical (unpaired) electrons. The van der Waals surface area contributed by atoms with E-state index in [1.54, 1.807) is 32.3 Å². The zero-order valence-corrected chi connectivity index (χ0v) is 18.1. The van der Waals surface area contributed by atoms with Crippen molar-refractivity contribution in [1.82, 2.24) is 9.13 Å². The zero-order chi connectivity index (χ0) is 22.1. The van der Waals surface area contributed by atoms with E-state index in [9.17, 15) is 14.4 Å². The molecule has 1 fully saturated rings. The van der Waals surface area contributed by atoms with Crippen LogP contribution in [0.3, 0.4) is 0 Å². The molecular formula is C22H23ClN4O4. The molecule has 162 valence electrons. The number of hydrogen-bond acceptors (Lipinski definition) is 5. The smallest absolute Gasteiger partial charge is 0.316 e. The number of carbonyl (C=O) groups is 1. The molecule has 31 heavy (non-hydrogen) atoms. The first kappa shape index (κ1) is 21.1. The van der Waals surface area contributed by atoms with Gasteiger partial charge in [0.15, 0.2) is 0 Å². The van der Waals surface area contributed by atoms with Gasteiger partial charge in [-0.25, -0.2) is 0 Å². The van der Waals surface area contributed by atoms with E-state index in [2.05, 4.69) is 10.2 Å². The molecule has 1 N–H and O–H groups in total. The number of amides is 1. The molecule has 1 aliphatic heterocycles. The average Bonchev–Trinajstić information content (AvgIpc) is 2.78. The van der Waals surface area contributed by atoms with Crippen molar-refractivity contribution >= 4 is 39.9 Å². The van der Waals surface area contributed by atoms with Crippen LogP contribution in [0.4, 0.5) is 11.4 Å². The lowest BCUT2D eigenvalue weighted by molar-refractivity contribution is -0.115. The summed E-state index contributed by atoms with van der Waals surface area (Å²) in [6.45, 7) is 2.46. The standard InChI is InChI=1S/C22H23ClN4O4/c1-25-18-12-16(24-20(28)11-14-3-5-15(23)6-4-14)17(27-7-9-31-10-8-27)13-19(18)26(2)22(30)21(25)29/h3-6,12-13H,7-11H2,1-2H3,(H,24,28). The van der Waals surface area contributed by atoms with Crippen LogP contribution in [-0.2, 0) is 30.0 Å². The van der Waals surface area contributed by atoms with Gasteiger partial charge in [-0.1, -0.05) is 23.7 Å². The SMILES string of the molecule is Cn1c(=O)c(=O)n(C)c2cc(N3CCOCC3)c(NC(=O)Cc3ccc(Cl)cc3)cc21. The number of halogens is 1. The number of aryl methyl sites for hydroxylation is 2. The summed E-state index contributed by atoms with van der Waals surface area (Å²) in [7, 11) is 3.13. The molecular weight excluding hydrogens is 420 g/mol. The summed E-state index contributed by atoms with van der Waals surface area (Å²) in [5.41, 5.74) is 2.17. The van der Waals surface area contributed by atoms with E-state index in [4.69, 9.17) is 16.3 Å². The summed E-state index contributed by atoms with van der Waals surface area (Å²) in [6, 6.07) is 10.7. The fourth-order valence-corrected chi connectivity index (χ4v) is 3.88. The van der Waals surface area contributed by atoms with E-state index < -0.39 is 11.1 Å². The number of anilines is 2. The quantitative estimate of drug-likeness (QED) is 0.624. The minimum absolute atomic E-state index is 0.184. The number of fused-ring (bicyclic) bond motifs is 1. The molecule has 0 bridgehead atoms. The first-order chi connectivity index (χ1) is 14.8. The minimum atomic E-state index is -0.618. The third kappa shape index (κ3) is 4.22. The van der Waals surface area contributed by atoms with Crippen molar-refractivity contribution in [1.29, 1.82) is 0 Å². The number of nitrogens with zero attached hydrogens (tertiary/aromatic N) is 3. The van der Waals surface area contributed by atoms with Gasteiger partial charge in [-0.15, -0.1) is 0 Å². The molecule has 9 heteroatoms. The number of ether oxygens (including phenoxy) is 1. The van der Waals surface area contributed by atoms with Crippen LogP contribution >= 0.6 is 11.6 Å². The summed E-state index contributed by atoms with van der Waals surface area (Å²) in [5.74, 6) is -0.189. The predicted octanol–water partition coefficient (Wildman–Crippen LogP) is 1.91. The van der Waals surface area contributed by atoms with Crippen molar-refractivity contribution in [3.63, 3.8) is 0 Å². The molecule has 0 aliphatic carbocycles. The Morgan fingerprint density at radius 1 is 1.00 bits per heavy atom. The van der Waals surface area contributed by atoms with Crippen LogP contribution in [-0.4, -0.2) is 41.3 Å². The van der Waals surface area contributed by atoms with Crippen LogP contribution in [0.25, 0.3) is 11.0 Å². The Labute approximate surface area is 183 Å². The van der Waals surface area contributed by atoms with Gasteiger partial charge in [0.2, 0.25) is 5.91 Å². The van der Waals surface area contributed by atoms with Crippen LogP contribution in [0.5, 0.6) is 0 Å². The number of nitrogens with one attached hydrogen (secondary N) is 1. The maximum atomic E-state index is 12.8. The molecule has 8 nitrogen and oxygen atoms in total. The molecule has 4 rings (SSSR count). The number of carbonyl (C=O) groups excluding carboxylic acids is 1. The summed E-state index contributed by atoms with van der Waals surface area (Å²) in [6.07, 6.45) is 0.184. The van der Waals surface area contributed by atoms with Crippen molar-refractivity contribution in [3.05, 3.63) is 67.7 Å². The summed E-state index contributed by atoms with van der Waals surface area (Å²) >= 11 is 5.92. The second kappa shape index (κ2) is 8.56. The highest BCUT2D eigenvalue weighted by molar-refractivity contribution is 6.30. The van der Waals surface area contributed by atoms with E-state index in [1.165, 1.54) is 9.13 Å². The van der Waals surface area contributed by atoms with Gasteiger partial charge < -0.3 is 24.1 Å². The monoisotopic (exact) mass is 442 g/mol. The first-order valence-corrected chi connectivity index (χ1v) is 10.3. The van der Waals surface area contributed by atoms with E-state index in [0.717, 1.165) is 11.3 Å². The lowest BCUT2D eigenvalue weighted by Crippen LogP contribution is -2.40. The van der Waals surface area contributed by atoms with Crippen LogP contribution in [0.2, 0.25) is 5.02 Å². The molecule has 1 aromatic heterocycles. The van der Waals surface area contributed by atoms with E-state index in [0.29, 0.717) is 48.0 Å². The van der Waals surface area contributed by atoms with Gasteiger partial charge in [0.1, 0.15) is 0 Å². The molecule has 3 aromatic rings. The Balaban J connectivity index is 1.77. The van der Waals surface area contributed by atoms with Gasteiger partial charge in [0.05, 0.1) is 42.0 Å². The minimum Gasteiger partial charge on any atom is -0.378 e. The number of morpholine rings is 1. The maximum absolute atomic E-state index is 12.8. The highest BCUT2D eigenvalue weighted by Gasteiger charge is 2.20. The van der Waals surface area contributed by atoms with Gasteiger partial charge in [0.25, 0.3) is 0 Å². The van der Waals surface area contributed by atoms with E-state index in [-0.39, 0.29) is 12.3 Å². The van der Waals surface area contributed by atoms with Crippen molar-refractivity contribution in [2.24, 2.45) is 14.1 Å². The first-order valence-electron chi connectivity index (χ1n) is 9.96.